The molecule has 0 radical (unpaired) electrons. The normalized spacial score (nSPS) is 9.94. The molecule has 0 aromatic rings. The summed E-state index contributed by atoms with van der Waals surface area (Å²) in [5, 5.41) is 9.92. The maximum absolute atomic E-state index is 9.92. The molecule has 0 aliphatic carbocycles. The average molecular weight is 245 g/mol. The van der Waals surface area contributed by atoms with E-state index in [1.165, 1.54) is 32.2 Å². The van der Waals surface area contributed by atoms with Gasteiger partial charge >= 0.3 is 0 Å². The Labute approximate surface area is 107 Å². The van der Waals surface area contributed by atoms with E-state index in [-0.39, 0.29) is 6.42 Å². The molecule has 0 atom stereocenters. The minimum absolute atomic E-state index is 0.226. The molecule has 0 aliphatic rings. The van der Waals surface area contributed by atoms with Gasteiger partial charge in [-0.3, -0.25) is 0 Å². The van der Waals surface area contributed by atoms with E-state index in [0.29, 0.717) is 0 Å². The van der Waals surface area contributed by atoms with Crippen LogP contribution in [0.25, 0.3) is 0 Å². The van der Waals surface area contributed by atoms with Crippen LogP contribution in [0.5, 0.6) is 0 Å². The third kappa shape index (κ3) is 25.6. The Morgan fingerprint density at radius 3 is 1.82 bits per heavy atom. The molecule has 1 N–H and O–H groups in total. The molecule has 0 spiro atoms. The summed E-state index contributed by atoms with van der Waals surface area (Å²) in [5.74, 6) is -0.920. The minimum atomic E-state index is -0.920. The third-order valence-electron chi connectivity index (χ3n) is 2.51. The SMILES string of the molecule is CCCCCCCC(=O)[O-].CCCC[NH+](C)C. The zero-order chi connectivity index (χ0) is 13.5. The van der Waals surface area contributed by atoms with Crippen molar-refractivity contribution < 1.29 is 14.8 Å². The molecule has 104 valence electrons. The van der Waals surface area contributed by atoms with Crippen LogP contribution in [0.3, 0.4) is 0 Å². The van der Waals surface area contributed by atoms with Crippen molar-refractivity contribution in [2.75, 3.05) is 20.6 Å². The first-order valence-corrected chi connectivity index (χ1v) is 7.03. The van der Waals surface area contributed by atoms with Crippen molar-refractivity contribution in [1.82, 2.24) is 0 Å². The van der Waals surface area contributed by atoms with Gasteiger partial charge < -0.3 is 14.8 Å². The largest absolute Gasteiger partial charge is 0.550 e. The number of nitrogens with one attached hydrogen (secondary N) is 1. The fourth-order valence-corrected chi connectivity index (χ4v) is 1.40. The number of rotatable bonds is 9. The Hall–Kier alpha value is -0.570. The second kappa shape index (κ2) is 15.4. The highest BCUT2D eigenvalue weighted by atomic mass is 16.4. The molecule has 0 rings (SSSR count). The highest BCUT2D eigenvalue weighted by molar-refractivity contribution is 5.63. The van der Waals surface area contributed by atoms with Gasteiger partial charge in [-0.2, -0.15) is 0 Å². The predicted molar refractivity (Wildman–Crippen MR) is 71.0 cm³/mol. The van der Waals surface area contributed by atoms with E-state index in [4.69, 9.17) is 0 Å². The maximum atomic E-state index is 9.92. The number of hydrogen-bond acceptors (Lipinski definition) is 2. The lowest BCUT2D eigenvalue weighted by atomic mass is 10.1. The molecule has 0 saturated heterocycles. The fraction of sp³-hybridized carbons (Fsp3) is 0.929. The molecule has 0 saturated carbocycles. The van der Waals surface area contributed by atoms with Crippen LogP contribution >= 0.6 is 0 Å². The van der Waals surface area contributed by atoms with E-state index >= 15 is 0 Å². The van der Waals surface area contributed by atoms with Crippen molar-refractivity contribution >= 4 is 5.97 Å². The zero-order valence-electron chi connectivity index (χ0n) is 12.2. The van der Waals surface area contributed by atoms with Crippen LogP contribution in [0, 0.1) is 0 Å². The van der Waals surface area contributed by atoms with Crippen LogP contribution in [0.15, 0.2) is 0 Å². The molecule has 3 heteroatoms. The smallest absolute Gasteiger partial charge is 0.0766 e. The number of carboxylic acid groups (broad SMARTS) is 1. The molecule has 17 heavy (non-hydrogen) atoms. The summed E-state index contributed by atoms with van der Waals surface area (Å²) in [7, 11) is 4.38. The molecule has 0 heterocycles. The molecule has 0 unspecified atom stereocenters. The van der Waals surface area contributed by atoms with Crippen LogP contribution in [-0.2, 0) is 4.79 Å². The lowest BCUT2D eigenvalue weighted by Crippen LogP contribution is -3.05. The number of carboxylic acids is 1. The summed E-state index contributed by atoms with van der Waals surface area (Å²) < 4.78 is 0. The lowest BCUT2D eigenvalue weighted by Gasteiger charge is -2.03. The summed E-state index contributed by atoms with van der Waals surface area (Å²) >= 11 is 0. The minimum Gasteiger partial charge on any atom is -0.550 e. The van der Waals surface area contributed by atoms with E-state index in [0.717, 1.165) is 19.3 Å². The Morgan fingerprint density at radius 1 is 0.941 bits per heavy atom. The molecule has 0 bridgehead atoms. The van der Waals surface area contributed by atoms with Gasteiger partial charge in [0, 0.05) is 5.97 Å². The van der Waals surface area contributed by atoms with Crippen LogP contribution in [0.2, 0.25) is 0 Å². The molecule has 3 nitrogen and oxygen atoms in total. The second-order valence-corrected chi connectivity index (χ2v) is 4.85. The summed E-state index contributed by atoms with van der Waals surface area (Å²) in [6.45, 7) is 5.68. The first-order valence-electron chi connectivity index (χ1n) is 7.03. The first-order chi connectivity index (χ1) is 8.04. The Balaban J connectivity index is 0. The highest BCUT2D eigenvalue weighted by Gasteiger charge is 1.88. The van der Waals surface area contributed by atoms with Gasteiger partial charge in [-0.15, -0.1) is 0 Å². The number of aliphatic carboxylic acids is 1. The van der Waals surface area contributed by atoms with Crippen molar-refractivity contribution in [2.24, 2.45) is 0 Å². The van der Waals surface area contributed by atoms with Gasteiger partial charge in [0.25, 0.3) is 0 Å². The van der Waals surface area contributed by atoms with Gasteiger partial charge in [0.1, 0.15) is 0 Å². The number of quaternary nitrogens is 1. The van der Waals surface area contributed by atoms with Gasteiger partial charge in [0.15, 0.2) is 0 Å². The predicted octanol–water partition coefficient (Wildman–Crippen LogP) is 1.03. The molecule has 0 aromatic carbocycles. The summed E-state index contributed by atoms with van der Waals surface area (Å²) in [6.07, 6.45) is 8.30. The molecular weight excluding hydrogens is 214 g/mol. The number of carbonyl (C=O) groups is 1. The first kappa shape index (κ1) is 18.8. The second-order valence-electron chi connectivity index (χ2n) is 4.85. The lowest BCUT2D eigenvalue weighted by molar-refractivity contribution is -0.858. The molecule has 0 fully saturated rings. The van der Waals surface area contributed by atoms with Crippen molar-refractivity contribution in [3.63, 3.8) is 0 Å². The highest BCUT2D eigenvalue weighted by Crippen LogP contribution is 2.03. The van der Waals surface area contributed by atoms with Gasteiger partial charge in [0.2, 0.25) is 0 Å². The number of hydrogen-bond donors (Lipinski definition) is 1. The quantitative estimate of drug-likeness (QED) is 0.617. The fourth-order valence-electron chi connectivity index (χ4n) is 1.40. The van der Waals surface area contributed by atoms with Gasteiger partial charge in [-0.05, 0) is 19.3 Å². The third-order valence-corrected chi connectivity index (χ3v) is 2.51. The van der Waals surface area contributed by atoms with Crippen LogP contribution in [0.1, 0.15) is 65.2 Å². The molecule has 0 aromatic heterocycles. The van der Waals surface area contributed by atoms with E-state index in [2.05, 4.69) is 27.9 Å². The van der Waals surface area contributed by atoms with Gasteiger partial charge in [-0.25, -0.2) is 0 Å². The van der Waals surface area contributed by atoms with Gasteiger partial charge in [-0.1, -0.05) is 46.0 Å². The van der Waals surface area contributed by atoms with Crippen molar-refractivity contribution in [1.29, 1.82) is 0 Å². The zero-order valence-corrected chi connectivity index (χ0v) is 12.2. The van der Waals surface area contributed by atoms with E-state index < -0.39 is 5.97 Å². The Kier molecular flexibility index (Phi) is 17.1. The average Bonchev–Trinajstić information content (AvgIpc) is 2.26. The standard InChI is InChI=1S/C8H16O2.C6H15N/c1-2-3-4-5-6-7-8(9)10;1-4-5-6-7(2)3/h2-7H2,1H3,(H,9,10);4-6H2,1-3H3. The van der Waals surface area contributed by atoms with Gasteiger partial charge in [0.05, 0.1) is 20.6 Å². The molecule has 0 amide bonds. The van der Waals surface area contributed by atoms with E-state index in [1.54, 1.807) is 4.90 Å². The van der Waals surface area contributed by atoms with Crippen molar-refractivity contribution in [2.45, 2.75) is 65.2 Å². The molecular formula is C14H31NO2. The summed E-state index contributed by atoms with van der Waals surface area (Å²) in [6, 6.07) is 0. The van der Waals surface area contributed by atoms with Crippen LogP contribution < -0.4 is 10.0 Å². The Bertz CT molecular complexity index is 158. The van der Waals surface area contributed by atoms with E-state index in [1.807, 2.05) is 0 Å². The monoisotopic (exact) mass is 245 g/mol. The van der Waals surface area contributed by atoms with E-state index in [9.17, 15) is 9.90 Å². The molecule has 0 aliphatic heterocycles. The maximum Gasteiger partial charge on any atom is 0.0766 e. The Morgan fingerprint density at radius 2 is 1.47 bits per heavy atom. The number of unbranched alkanes of at least 4 members (excludes halogenated alkanes) is 5. The van der Waals surface area contributed by atoms with Crippen molar-refractivity contribution in [3.05, 3.63) is 0 Å². The number of carbonyl (C=O) groups excluding carboxylic acids is 1. The van der Waals surface area contributed by atoms with Crippen LogP contribution in [0.4, 0.5) is 0 Å². The van der Waals surface area contributed by atoms with Crippen molar-refractivity contribution in [3.8, 4) is 0 Å². The topological polar surface area (TPSA) is 44.6 Å². The summed E-state index contributed by atoms with van der Waals surface area (Å²) in [5.41, 5.74) is 0. The summed E-state index contributed by atoms with van der Waals surface area (Å²) in [4.78, 5) is 11.5. The van der Waals surface area contributed by atoms with Crippen LogP contribution in [-0.4, -0.2) is 26.6 Å².